The lowest BCUT2D eigenvalue weighted by Gasteiger charge is -2.30. The topological polar surface area (TPSA) is 70.1 Å². The van der Waals surface area contributed by atoms with Crippen LogP contribution in [0.3, 0.4) is 0 Å². The molecule has 0 aliphatic carbocycles. The van der Waals surface area contributed by atoms with Crippen LogP contribution in [-0.2, 0) is 5.54 Å². The molecule has 0 aliphatic rings. The van der Waals surface area contributed by atoms with Crippen molar-refractivity contribution in [2.45, 2.75) is 19.4 Å². The predicted octanol–water partition coefficient (Wildman–Crippen LogP) is 2.88. The van der Waals surface area contributed by atoms with Gasteiger partial charge in [-0.25, -0.2) is 4.98 Å². The molecule has 1 heterocycles. The minimum absolute atomic E-state index is 0.0894. The van der Waals surface area contributed by atoms with Gasteiger partial charge in [-0.15, -0.1) is 0 Å². The number of hydrogen-bond donors (Lipinski definition) is 3. The smallest absolute Gasteiger partial charge is 0.224 e. The number of benzene rings is 1. The molecule has 6 heteroatoms. The van der Waals surface area contributed by atoms with E-state index in [4.69, 9.17) is 11.6 Å². The van der Waals surface area contributed by atoms with Crippen molar-refractivity contribution in [2.24, 2.45) is 0 Å². The first-order chi connectivity index (χ1) is 10.1. The normalized spacial score (nSPS) is 13.5. The molecule has 1 atom stereocenters. The maximum atomic E-state index is 9.80. The average Bonchev–Trinajstić information content (AvgIpc) is 2.51. The van der Waals surface area contributed by atoms with Gasteiger partial charge in [0.25, 0.3) is 0 Å². The van der Waals surface area contributed by atoms with Crippen molar-refractivity contribution in [3.8, 4) is 0 Å². The lowest BCUT2D eigenvalue weighted by atomic mass is 9.93. The molecule has 1 aromatic heterocycles. The Morgan fingerprint density at radius 1 is 1.29 bits per heavy atom. The van der Waals surface area contributed by atoms with Gasteiger partial charge in [0.2, 0.25) is 5.95 Å². The van der Waals surface area contributed by atoms with Gasteiger partial charge in [-0.05, 0) is 19.4 Å². The van der Waals surface area contributed by atoms with E-state index in [0.717, 1.165) is 12.1 Å². The Morgan fingerprint density at radius 3 is 2.62 bits per heavy atom. The lowest BCUT2D eigenvalue weighted by Crippen LogP contribution is -2.36. The van der Waals surface area contributed by atoms with E-state index < -0.39 is 5.54 Å². The highest BCUT2D eigenvalue weighted by Crippen LogP contribution is 2.28. The van der Waals surface area contributed by atoms with Crippen molar-refractivity contribution in [1.29, 1.82) is 0 Å². The van der Waals surface area contributed by atoms with Crippen LogP contribution >= 0.6 is 11.6 Å². The van der Waals surface area contributed by atoms with E-state index in [0.29, 0.717) is 16.8 Å². The molecule has 21 heavy (non-hydrogen) atoms. The third-order valence-electron chi connectivity index (χ3n) is 3.20. The molecule has 112 valence electrons. The zero-order chi connectivity index (χ0) is 15.3. The lowest BCUT2D eigenvalue weighted by molar-refractivity contribution is 0.223. The van der Waals surface area contributed by atoms with E-state index in [-0.39, 0.29) is 6.61 Å². The minimum Gasteiger partial charge on any atom is -0.394 e. The molecule has 0 aliphatic heterocycles. The molecule has 0 fully saturated rings. The molecule has 5 nitrogen and oxygen atoms in total. The number of nitrogens with zero attached hydrogens (tertiary/aromatic N) is 2. The molecule has 2 aromatic rings. The molecule has 1 aromatic carbocycles. The molecular weight excluding hydrogens is 288 g/mol. The van der Waals surface area contributed by atoms with E-state index in [9.17, 15) is 5.11 Å². The molecule has 0 spiro atoms. The average molecular weight is 307 g/mol. The predicted molar refractivity (Wildman–Crippen MR) is 85.7 cm³/mol. The van der Waals surface area contributed by atoms with Gasteiger partial charge in [-0.3, -0.25) is 0 Å². The Balaban J connectivity index is 2.32. The number of nitrogens with one attached hydrogen (secondary N) is 2. The Hall–Kier alpha value is -1.85. The first-order valence-electron chi connectivity index (χ1n) is 6.80. The summed E-state index contributed by atoms with van der Waals surface area (Å²) in [5.41, 5.74) is 0.273. The zero-order valence-corrected chi connectivity index (χ0v) is 12.9. The van der Waals surface area contributed by atoms with Gasteiger partial charge in [0, 0.05) is 6.54 Å². The van der Waals surface area contributed by atoms with Gasteiger partial charge >= 0.3 is 0 Å². The van der Waals surface area contributed by atoms with Crippen molar-refractivity contribution in [2.75, 3.05) is 23.8 Å². The Morgan fingerprint density at radius 2 is 2.00 bits per heavy atom. The molecule has 1 unspecified atom stereocenters. The Bertz CT molecular complexity index is 593. The van der Waals surface area contributed by atoms with Gasteiger partial charge in [0.05, 0.1) is 18.3 Å². The molecule has 2 rings (SSSR count). The summed E-state index contributed by atoms with van der Waals surface area (Å²) in [5.74, 6) is 0.987. The fourth-order valence-corrected chi connectivity index (χ4v) is 2.11. The van der Waals surface area contributed by atoms with Crippen molar-refractivity contribution in [1.82, 2.24) is 9.97 Å². The van der Waals surface area contributed by atoms with Gasteiger partial charge in [-0.2, -0.15) is 4.98 Å². The van der Waals surface area contributed by atoms with Crippen LogP contribution in [0.2, 0.25) is 5.02 Å². The van der Waals surface area contributed by atoms with Crippen LogP contribution in [0.5, 0.6) is 0 Å². The van der Waals surface area contributed by atoms with Crippen molar-refractivity contribution < 1.29 is 5.11 Å². The summed E-state index contributed by atoms with van der Waals surface area (Å²) >= 11 is 6.15. The van der Waals surface area contributed by atoms with Gasteiger partial charge in [0.1, 0.15) is 5.02 Å². The molecular formula is C15H19ClN4O. The van der Waals surface area contributed by atoms with Crippen LogP contribution in [-0.4, -0.2) is 28.2 Å². The van der Waals surface area contributed by atoms with Crippen LogP contribution in [0, 0.1) is 0 Å². The summed E-state index contributed by atoms with van der Waals surface area (Å²) in [6.45, 7) is 4.49. The highest BCUT2D eigenvalue weighted by molar-refractivity contribution is 6.32. The summed E-state index contributed by atoms with van der Waals surface area (Å²) < 4.78 is 0. The number of rotatable bonds is 6. The number of anilines is 2. The number of hydrogen-bond acceptors (Lipinski definition) is 5. The van der Waals surface area contributed by atoms with Gasteiger partial charge < -0.3 is 15.7 Å². The first kappa shape index (κ1) is 15.5. The number of halogens is 1. The second-order valence-corrected chi connectivity index (χ2v) is 5.31. The molecule has 3 N–H and O–H groups in total. The number of aliphatic hydroxyl groups excluding tert-OH is 1. The highest BCUT2D eigenvalue weighted by atomic mass is 35.5. The number of aromatic nitrogens is 2. The highest BCUT2D eigenvalue weighted by Gasteiger charge is 2.27. The SMILES string of the molecule is CCNc1ncc(Cl)c(NC(C)(CO)c2ccccc2)n1. The van der Waals surface area contributed by atoms with Crippen molar-refractivity contribution in [3.63, 3.8) is 0 Å². The summed E-state index contributed by atoms with van der Waals surface area (Å²) in [5, 5.41) is 16.5. The summed E-state index contributed by atoms with van der Waals surface area (Å²) in [4.78, 5) is 8.44. The maximum absolute atomic E-state index is 9.80. The molecule has 0 saturated carbocycles. The molecule has 0 bridgehead atoms. The second-order valence-electron chi connectivity index (χ2n) is 4.90. The maximum Gasteiger partial charge on any atom is 0.224 e. The van der Waals surface area contributed by atoms with Gasteiger partial charge in [-0.1, -0.05) is 41.9 Å². The van der Waals surface area contributed by atoms with E-state index in [1.54, 1.807) is 0 Å². The molecule has 0 saturated heterocycles. The standard InChI is InChI=1S/C15H19ClN4O/c1-3-17-14-18-9-12(16)13(19-14)20-15(2,10-21)11-7-5-4-6-8-11/h4-9,21H,3,10H2,1-2H3,(H2,17,18,19,20). The summed E-state index contributed by atoms with van der Waals surface area (Å²) in [6.07, 6.45) is 1.54. The van der Waals surface area contributed by atoms with Crippen LogP contribution in [0.1, 0.15) is 19.4 Å². The summed E-state index contributed by atoms with van der Waals surface area (Å²) in [6, 6.07) is 9.68. The van der Waals surface area contributed by atoms with E-state index in [1.807, 2.05) is 44.2 Å². The largest absolute Gasteiger partial charge is 0.394 e. The molecule has 0 amide bonds. The molecule has 0 radical (unpaired) electrons. The fourth-order valence-electron chi connectivity index (χ4n) is 1.97. The zero-order valence-electron chi connectivity index (χ0n) is 12.1. The quantitative estimate of drug-likeness (QED) is 0.765. The van der Waals surface area contributed by atoms with Crippen LogP contribution in [0.25, 0.3) is 0 Å². The summed E-state index contributed by atoms with van der Waals surface area (Å²) in [7, 11) is 0. The number of aliphatic hydroxyl groups is 1. The van der Waals surface area contributed by atoms with Crippen LogP contribution < -0.4 is 10.6 Å². The minimum atomic E-state index is -0.678. The van der Waals surface area contributed by atoms with Crippen LogP contribution in [0.15, 0.2) is 36.5 Å². The van der Waals surface area contributed by atoms with Crippen molar-refractivity contribution in [3.05, 3.63) is 47.1 Å². The Kier molecular flexibility index (Phi) is 4.98. The Labute approximate surface area is 129 Å². The second kappa shape index (κ2) is 6.74. The van der Waals surface area contributed by atoms with E-state index in [2.05, 4.69) is 20.6 Å². The van der Waals surface area contributed by atoms with Crippen LogP contribution in [0.4, 0.5) is 11.8 Å². The van der Waals surface area contributed by atoms with Gasteiger partial charge in [0.15, 0.2) is 5.82 Å². The third kappa shape index (κ3) is 3.62. The fraction of sp³-hybridized carbons (Fsp3) is 0.333. The van der Waals surface area contributed by atoms with E-state index in [1.165, 1.54) is 6.20 Å². The van der Waals surface area contributed by atoms with E-state index >= 15 is 0 Å². The van der Waals surface area contributed by atoms with Crippen molar-refractivity contribution >= 4 is 23.4 Å². The first-order valence-corrected chi connectivity index (χ1v) is 7.18. The monoisotopic (exact) mass is 306 g/mol. The third-order valence-corrected chi connectivity index (χ3v) is 3.48.